The van der Waals surface area contributed by atoms with Crippen molar-refractivity contribution in [1.29, 1.82) is 0 Å². The monoisotopic (exact) mass is 236 g/mol. The minimum atomic E-state index is -0.00870. The molecule has 0 spiro atoms. The number of hydrogen-bond donors (Lipinski definition) is 0. The van der Waals surface area contributed by atoms with Crippen LogP contribution in [0.25, 0.3) is 0 Å². The minimum absolute atomic E-state index is 0.00870. The van der Waals surface area contributed by atoms with Crippen LogP contribution < -0.4 is 0 Å². The number of aryl methyl sites for hydroxylation is 2. The Morgan fingerprint density at radius 2 is 2.00 bits per heavy atom. The van der Waals surface area contributed by atoms with E-state index in [1.54, 1.807) is 11.3 Å². The molecule has 0 nitrogen and oxygen atoms in total. The third-order valence-electron chi connectivity index (χ3n) is 2.49. The molecule has 15 heavy (non-hydrogen) atoms. The van der Waals surface area contributed by atoms with Crippen LogP contribution in [-0.2, 0) is 0 Å². The lowest BCUT2D eigenvalue weighted by atomic mass is 10.0. The highest BCUT2D eigenvalue weighted by molar-refractivity contribution is 7.10. The molecule has 0 saturated carbocycles. The molecule has 0 bridgehead atoms. The lowest BCUT2D eigenvalue weighted by Crippen LogP contribution is -1.94. The molecule has 1 aromatic carbocycles. The number of hydrogen-bond acceptors (Lipinski definition) is 1. The van der Waals surface area contributed by atoms with Gasteiger partial charge in [-0.05, 0) is 36.4 Å². The molecule has 0 amide bonds. The first kappa shape index (κ1) is 10.7. The SMILES string of the molecule is Cc1ccc(C(Cl)c2cccs2)c(C)c1. The van der Waals surface area contributed by atoms with Gasteiger partial charge in [-0.3, -0.25) is 0 Å². The standard InChI is InChI=1S/C13H13ClS/c1-9-5-6-11(10(2)8-9)13(14)12-4-3-7-15-12/h3-8,13H,1-2H3. The average Bonchev–Trinajstić information content (AvgIpc) is 2.69. The van der Waals surface area contributed by atoms with Crippen LogP contribution in [0.2, 0.25) is 0 Å². The van der Waals surface area contributed by atoms with Gasteiger partial charge in [0.05, 0.1) is 5.38 Å². The zero-order valence-electron chi connectivity index (χ0n) is 8.83. The highest BCUT2D eigenvalue weighted by Gasteiger charge is 2.13. The van der Waals surface area contributed by atoms with E-state index in [1.165, 1.54) is 21.6 Å². The van der Waals surface area contributed by atoms with Gasteiger partial charge < -0.3 is 0 Å². The van der Waals surface area contributed by atoms with E-state index >= 15 is 0 Å². The van der Waals surface area contributed by atoms with Crippen molar-refractivity contribution in [3.63, 3.8) is 0 Å². The summed E-state index contributed by atoms with van der Waals surface area (Å²) >= 11 is 8.15. The summed E-state index contributed by atoms with van der Waals surface area (Å²) in [4.78, 5) is 1.21. The Labute approximate surface area is 99.5 Å². The molecule has 0 aliphatic carbocycles. The van der Waals surface area contributed by atoms with Crippen LogP contribution in [0.15, 0.2) is 35.7 Å². The van der Waals surface area contributed by atoms with E-state index in [0.717, 1.165) is 0 Å². The highest BCUT2D eigenvalue weighted by Crippen LogP contribution is 2.33. The van der Waals surface area contributed by atoms with Gasteiger partial charge in [0, 0.05) is 4.88 Å². The molecular weight excluding hydrogens is 224 g/mol. The molecular formula is C13H13ClS. The Bertz CT molecular complexity index is 446. The lowest BCUT2D eigenvalue weighted by molar-refractivity contribution is 1.14. The van der Waals surface area contributed by atoms with Gasteiger partial charge in [-0.1, -0.05) is 29.8 Å². The molecule has 1 heterocycles. The maximum Gasteiger partial charge on any atom is 0.0930 e. The fraction of sp³-hybridized carbons (Fsp3) is 0.231. The second kappa shape index (κ2) is 4.38. The molecule has 2 aromatic rings. The van der Waals surface area contributed by atoms with Gasteiger partial charge >= 0.3 is 0 Å². The summed E-state index contributed by atoms with van der Waals surface area (Å²) in [7, 11) is 0. The Hall–Kier alpha value is -0.790. The van der Waals surface area contributed by atoms with Gasteiger partial charge in [0.15, 0.2) is 0 Å². The van der Waals surface area contributed by atoms with Gasteiger partial charge in [0.25, 0.3) is 0 Å². The van der Waals surface area contributed by atoms with Crippen molar-refractivity contribution < 1.29 is 0 Å². The Morgan fingerprint density at radius 3 is 2.60 bits per heavy atom. The molecule has 0 aliphatic rings. The van der Waals surface area contributed by atoms with Crippen LogP contribution in [-0.4, -0.2) is 0 Å². The molecule has 78 valence electrons. The molecule has 0 aliphatic heterocycles. The van der Waals surface area contributed by atoms with E-state index in [9.17, 15) is 0 Å². The van der Waals surface area contributed by atoms with Crippen LogP contribution in [0.4, 0.5) is 0 Å². The van der Waals surface area contributed by atoms with Crippen molar-refractivity contribution in [2.24, 2.45) is 0 Å². The first-order valence-corrected chi connectivity index (χ1v) is 6.24. The van der Waals surface area contributed by atoms with Crippen molar-refractivity contribution in [2.75, 3.05) is 0 Å². The maximum atomic E-state index is 6.44. The number of alkyl halides is 1. The zero-order valence-corrected chi connectivity index (χ0v) is 10.4. The molecule has 0 fully saturated rings. The summed E-state index contributed by atoms with van der Waals surface area (Å²) in [5, 5.41) is 2.06. The Morgan fingerprint density at radius 1 is 1.20 bits per heavy atom. The van der Waals surface area contributed by atoms with Crippen molar-refractivity contribution in [1.82, 2.24) is 0 Å². The smallest absolute Gasteiger partial charge is 0.0930 e. The molecule has 0 radical (unpaired) electrons. The van der Waals surface area contributed by atoms with Crippen molar-refractivity contribution in [3.8, 4) is 0 Å². The fourth-order valence-electron chi connectivity index (χ4n) is 1.70. The Balaban J connectivity index is 2.38. The van der Waals surface area contributed by atoms with E-state index in [1.807, 2.05) is 6.07 Å². The van der Waals surface area contributed by atoms with Crippen molar-refractivity contribution in [3.05, 3.63) is 57.3 Å². The topological polar surface area (TPSA) is 0 Å². The predicted molar refractivity (Wildman–Crippen MR) is 67.9 cm³/mol. The number of benzene rings is 1. The van der Waals surface area contributed by atoms with Crippen LogP contribution in [0.3, 0.4) is 0 Å². The molecule has 2 rings (SSSR count). The quantitative estimate of drug-likeness (QED) is 0.664. The van der Waals surface area contributed by atoms with Gasteiger partial charge in [0.1, 0.15) is 0 Å². The molecule has 1 atom stereocenters. The van der Waals surface area contributed by atoms with Crippen molar-refractivity contribution >= 4 is 22.9 Å². The third kappa shape index (κ3) is 2.24. The second-order valence-electron chi connectivity index (χ2n) is 3.74. The molecule has 1 aromatic heterocycles. The largest absolute Gasteiger partial charge is 0.147 e. The zero-order chi connectivity index (χ0) is 10.8. The lowest BCUT2D eigenvalue weighted by Gasteiger charge is -2.11. The van der Waals surface area contributed by atoms with Crippen LogP contribution in [0.5, 0.6) is 0 Å². The maximum absolute atomic E-state index is 6.44. The summed E-state index contributed by atoms with van der Waals surface area (Å²) < 4.78 is 0. The summed E-state index contributed by atoms with van der Waals surface area (Å²) in [6, 6.07) is 10.5. The van der Waals surface area contributed by atoms with Crippen LogP contribution in [0.1, 0.15) is 26.9 Å². The molecule has 2 heteroatoms. The summed E-state index contributed by atoms with van der Waals surface area (Å²) in [5.74, 6) is 0. The normalized spacial score (nSPS) is 12.7. The highest BCUT2D eigenvalue weighted by atomic mass is 35.5. The summed E-state index contributed by atoms with van der Waals surface area (Å²) in [6.07, 6.45) is 0. The molecule has 0 N–H and O–H groups in total. The summed E-state index contributed by atoms with van der Waals surface area (Å²) in [6.45, 7) is 4.22. The van der Waals surface area contributed by atoms with Gasteiger partial charge in [0.2, 0.25) is 0 Å². The van der Waals surface area contributed by atoms with E-state index < -0.39 is 0 Å². The van der Waals surface area contributed by atoms with E-state index in [-0.39, 0.29) is 5.38 Å². The first-order valence-electron chi connectivity index (χ1n) is 4.93. The van der Waals surface area contributed by atoms with Crippen LogP contribution >= 0.6 is 22.9 Å². The van der Waals surface area contributed by atoms with Gasteiger partial charge in [-0.15, -0.1) is 22.9 Å². The molecule has 0 saturated heterocycles. The van der Waals surface area contributed by atoms with E-state index in [0.29, 0.717) is 0 Å². The number of rotatable bonds is 2. The van der Waals surface area contributed by atoms with E-state index in [2.05, 4.69) is 43.5 Å². The Kier molecular flexibility index (Phi) is 3.13. The summed E-state index contributed by atoms with van der Waals surface area (Å²) in [5.41, 5.74) is 3.76. The second-order valence-corrected chi connectivity index (χ2v) is 5.15. The predicted octanol–water partition coefficient (Wildman–Crippen LogP) is 4.69. The third-order valence-corrected chi connectivity index (χ3v) is 4.03. The van der Waals surface area contributed by atoms with Gasteiger partial charge in [-0.2, -0.15) is 0 Å². The van der Waals surface area contributed by atoms with Crippen LogP contribution in [0, 0.1) is 13.8 Å². The number of thiophene rings is 1. The fourth-order valence-corrected chi connectivity index (χ4v) is 2.89. The molecule has 1 unspecified atom stereocenters. The van der Waals surface area contributed by atoms with Crippen molar-refractivity contribution in [2.45, 2.75) is 19.2 Å². The minimum Gasteiger partial charge on any atom is -0.147 e. The first-order chi connectivity index (χ1) is 7.18. The average molecular weight is 237 g/mol. The number of halogens is 1. The van der Waals surface area contributed by atoms with E-state index in [4.69, 9.17) is 11.6 Å². The van der Waals surface area contributed by atoms with Gasteiger partial charge in [-0.25, -0.2) is 0 Å².